The summed E-state index contributed by atoms with van der Waals surface area (Å²) in [6.07, 6.45) is 17.7. The van der Waals surface area contributed by atoms with Crippen LogP contribution in [0.15, 0.2) is 90.1 Å². The van der Waals surface area contributed by atoms with Gasteiger partial charge in [-0.05, 0) is 90.2 Å². The second-order valence-corrected chi connectivity index (χ2v) is 10.7. The van der Waals surface area contributed by atoms with Gasteiger partial charge in [0.05, 0.1) is 0 Å². The van der Waals surface area contributed by atoms with E-state index < -0.39 is 0 Å². The van der Waals surface area contributed by atoms with Gasteiger partial charge in [0.2, 0.25) is 0 Å². The number of ketones is 1. The van der Waals surface area contributed by atoms with Crippen molar-refractivity contribution in [3.05, 3.63) is 112 Å². The van der Waals surface area contributed by atoms with E-state index in [4.69, 9.17) is 0 Å². The van der Waals surface area contributed by atoms with E-state index in [1.165, 1.54) is 59.1 Å². The van der Waals surface area contributed by atoms with Crippen molar-refractivity contribution < 1.29 is 4.79 Å². The number of Topliss-reactive ketones (excluding diaryl/α,β-unsaturated/α-hetero) is 1. The number of hydrogen-bond donors (Lipinski definition) is 0. The standard InChI is InChI=1S/C33H36O/c1-22(2)25-11-15-28(16-12-25)27-9-7-24(8-10-27)21-30-19-20-32(33-6-4-5-31(30)33)29-17-13-26(14-18-29)23(3)34/h4-10,13-14,17-20,22,25,28,33H,11-12,15-16,21H2,1-3H3. The SMILES string of the molecule is CC(=O)c1ccc(C2=CC=C(Cc3ccc(C4CCC(C(C)C)CC4)cc3)C3=CC=CC32)cc1. The zero-order chi connectivity index (χ0) is 23.7. The number of allylic oxidation sites excluding steroid dienone is 8. The Balaban J connectivity index is 1.29. The predicted octanol–water partition coefficient (Wildman–Crippen LogP) is 8.50. The predicted molar refractivity (Wildman–Crippen MR) is 143 cm³/mol. The molecule has 1 heteroatoms. The number of rotatable bonds is 6. The Morgan fingerprint density at radius 3 is 2.21 bits per heavy atom. The lowest BCUT2D eigenvalue weighted by Gasteiger charge is -2.31. The van der Waals surface area contributed by atoms with E-state index in [0.717, 1.165) is 29.7 Å². The number of benzene rings is 2. The Kier molecular flexibility index (Phi) is 6.55. The highest BCUT2D eigenvalue weighted by Crippen LogP contribution is 2.42. The fourth-order valence-corrected chi connectivity index (χ4v) is 6.03. The average molecular weight is 449 g/mol. The Morgan fingerprint density at radius 2 is 1.56 bits per heavy atom. The van der Waals surface area contributed by atoms with Crippen LogP contribution in [0.2, 0.25) is 0 Å². The van der Waals surface area contributed by atoms with Crippen LogP contribution in [0.25, 0.3) is 5.57 Å². The van der Waals surface area contributed by atoms with Crippen LogP contribution in [0, 0.1) is 17.8 Å². The van der Waals surface area contributed by atoms with Crippen molar-refractivity contribution in [1.82, 2.24) is 0 Å². The molecule has 174 valence electrons. The molecule has 2 aromatic carbocycles. The maximum absolute atomic E-state index is 11.6. The van der Waals surface area contributed by atoms with Gasteiger partial charge < -0.3 is 0 Å². The third-order valence-electron chi connectivity index (χ3n) is 8.27. The lowest BCUT2D eigenvalue weighted by molar-refractivity contribution is 0.101. The molecule has 0 N–H and O–H groups in total. The number of fused-ring (bicyclic) bond motifs is 1. The van der Waals surface area contributed by atoms with Crippen molar-refractivity contribution in [2.24, 2.45) is 17.8 Å². The number of carbonyl (C=O) groups is 1. The maximum Gasteiger partial charge on any atom is 0.159 e. The molecule has 3 aliphatic carbocycles. The summed E-state index contributed by atoms with van der Waals surface area (Å²) in [6.45, 7) is 6.37. The Morgan fingerprint density at radius 1 is 0.853 bits per heavy atom. The van der Waals surface area contributed by atoms with Gasteiger partial charge in [0, 0.05) is 11.5 Å². The van der Waals surface area contributed by atoms with E-state index in [2.05, 4.69) is 80.6 Å². The summed E-state index contributed by atoms with van der Waals surface area (Å²) >= 11 is 0. The molecular formula is C33H36O. The highest BCUT2D eigenvalue weighted by molar-refractivity contribution is 5.94. The molecule has 0 aliphatic heterocycles. The summed E-state index contributed by atoms with van der Waals surface area (Å²) in [7, 11) is 0. The van der Waals surface area contributed by atoms with Gasteiger partial charge in [-0.25, -0.2) is 0 Å². The number of hydrogen-bond acceptors (Lipinski definition) is 1. The van der Waals surface area contributed by atoms with Crippen LogP contribution in [0.4, 0.5) is 0 Å². The first-order chi connectivity index (χ1) is 16.5. The molecule has 1 atom stereocenters. The molecule has 0 heterocycles. The minimum absolute atomic E-state index is 0.113. The van der Waals surface area contributed by atoms with Gasteiger partial charge in [0.1, 0.15) is 0 Å². The van der Waals surface area contributed by atoms with Crippen molar-refractivity contribution >= 4 is 11.4 Å². The Bertz CT molecular complexity index is 1160. The van der Waals surface area contributed by atoms with E-state index in [9.17, 15) is 4.79 Å². The van der Waals surface area contributed by atoms with Crippen LogP contribution in [0.5, 0.6) is 0 Å². The van der Waals surface area contributed by atoms with Crippen LogP contribution in [-0.4, -0.2) is 5.78 Å². The first kappa shape index (κ1) is 22.8. The molecular weight excluding hydrogens is 412 g/mol. The van der Waals surface area contributed by atoms with Gasteiger partial charge in [-0.3, -0.25) is 4.79 Å². The first-order valence-corrected chi connectivity index (χ1v) is 13.0. The largest absolute Gasteiger partial charge is 0.295 e. The van der Waals surface area contributed by atoms with Crippen molar-refractivity contribution in [2.45, 2.75) is 58.8 Å². The van der Waals surface area contributed by atoms with Gasteiger partial charge >= 0.3 is 0 Å². The molecule has 1 fully saturated rings. The van der Waals surface area contributed by atoms with Crippen molar-refractivity contribution in [2.75, 3.05) is 0 Å². The summed E-state index contributed by atoms with van der Waals surface area (Å²) in [5.41, 5.74) is 9.00. The smallest absolute Gasteiger partial charge is 0.159 e. The lowest BCUT2D eigenvalue weighted by atomic mass is 9.74. The van der Waals surface area contributed by atoms with Gasteiger partial charge in [0.25, 0.3) is 0 Å². The first-order valence-electron chi connectivity index (χ1n) is 13.0. The highest BCUT2D eigenvalue weighted by Gasteiger charge is 2.27. The minimum atomic E-state index is 0.113. The Labute approximate surface area is 205 Å². The summed E-state index contributed by atoms with van der Waals surface area (Å²) < 4.78 is 0. The molecule has 0 amide bonds. The minimum Gasteiger partial charge on any atom is -0.295 e. The highest BCUT2D eigenvalue weighted by atomic mass is 16.1. The van der Waals surface area contributed by atoms with E-state index in [1.54, 1.807) is 6.92 Å². The van der Waals surface area contributed by atoms with E-state index in [1.807, 2.05) is 12.1 Å². The molecule has 0 aromatic heterocycles. The van der Waals surface area contributed by atoms with Crippen LogP contribution in [-0.2, 0) is 6.42 Å². The second kappa shape index (κ2) is 9.74. The molecule has 3 aliphatic rings. The Hall–Kier alpha value is -2.93. The summed E-state index contributed by atoms with van der Waals surface area (Å²) in [6, 6.07) is 17.5. The molecule has 5 rings (SSSR count). The summed E-state index contributed by atoms with van der Waals surface area (Å²) in [5, 5.41) is 0. The summed E-state index contributed by atoms with van der Waals surface area (Å²) in [5.74, 6) is 2.90. The zero-order valence-electron chi connectivity index (χ0n) is 20.8. The molecule has 0 saturated heterocycles. The quantitative estimate of drug-likeness (QED) is 0.405. The topological polar surface area (TPSA) is 17.1 Å². The molecule has 2 aromatic rings. The van der Waals surface area contributed by atoms with Crippen molar-refractivity contribution in [1.29, 1.82) is 0 Å². The molecule has 34 heavy (non-hydrogen) atoms. The van der Waals surface area contributed by atoms with Gasteiger partial charge in [0.15, 0.2) is 5.78 Å². The number of carbonyl (C=O) groups excluding carboxylic acids is 1. The lowest BCUT2D eigenvalue weighted by Crippen LogP contribution is -2.17. The molecule has 1 unspecified atom stereocenters. The van der Waals surface area contributed by atoms with Gasteiger partial charge in [-0.1, -0.05) is 92.8 Å². The molecule has 0 radical (unpaired) electrons. The van der Waals surface area contributed by atoms with Gasteiger partial charge in [-0.15, -0.1) is 0 Å². The molecule has 0 bridgehead atoms. The molecule has 0 spiro atoms. The molecule has 1 saturated carbocycles. The van der Waals surface area contributed by atoms with Crippen molar-refractivity contribution in [3.63, 3.8) is 0 Å². The summed E-state index contributed by atoms with van der Waals surface area (Å²) in [4.78, 5) is 11.6. The van der Waals surface area contributed by atoms with Crippen LogP contribution < -0.4 is 0 Å². The fourth-order valence-electron chi connectivity index (χ4n) is 6.03. The molecule has 1 nitrogen and oxygen atoms in total. The van der Waals surface area contributed by atoms with E-state index in [0.29, 0.717) is 5.92 Å². The van der Waals surface area contributed by atoms with Crippen LogP contribution >= 0.6 is 0 Å². The normalized spacial score (nSPS) is 23.9. The van der Waals surface area contributed by atoms with Gasteiger partial charge in [-0.2, -0.15) is 0 Å². The monoisotopic (exact) mass is 448 g/mol. The van der Waals surface area contributed by atoms with Crippen LogP contribution in [0.1, 0.15) is 79.4 Å². The fraction of sp³-hybridized carbons (Fsp3) is 0.364. The maximum atomic E-state index is 11.6. The second-order valence-electron chi connectivity index (χ2n) is 10.7. The van der Waals surface area contributed by atoms with Crippen LogP contribution in [0.3, 0.4) is 0 Å². The average Bonchev–Trinajstić information content (AvgIpc) is 3.35. The van der Waals surface area contributed by atoms with Crippen molar-refractivity contribution in [3.8, 4) is 0 Å². The third kappa shape index (κ3) is 4.67. The third-order valence-corrected chi connectivity index (χ3v) is 8.27. The zero-order valence-corrected chi connectivity index (χ0v) is 20.8. The van der Waals surface area contributed by atoms with E-state index in [-0.39, 0.29) is 5.78 Å². The van der Waals surface area contributed by atoms with E-state index >= 15 is 0 Å².